The van der Waals surface area contributed by atoms with Gasteiger partial charge < -0.3 is 16.2 Å². The van der Waals surface area contributed by atoms with Crippen LogP contribution in [-0.4, -0.2) is 53.2 Å². The average Bonchev–Trinajstić information content (AvgIpc) is 2.60. The van der Waals surface area contributed by atoms with Crippen molar-refractivity contribution in [3.05, 3.63) is 35.4 Å². The van der Waals surface area contributed by atoms with Crippen LogP contribution in [0.2, 0.25) is 0 Å². The highest BCUT2D eigenvalue weighted by molar-refractivity contribution is 7.98. The van der Waals surface area contributed by atoms with E-state index in [0.29, 0.717) is 13.0 Å². The van der Waals surface area contributed by atoms with Crippen LogP contribution in [-0.2, 0) is 17.9 Å². The van der Waals surface area contributed by atoms with Crippen LogP contribution in [0.4, 0.5) is 0 Å². The minimum Gasteiger partial charge on any atom is -0.393 e. The van der Waals surface area contributed by atoms with Crippen molar-refractivity contribution in [3.63, 3.8) is 0 Å². The van der Waals surface area contributed by atoms with Crippen molar-refractivity contribution in [2.24, 2.45) is 5.73 Å². The Morgan fingerprint density at radius 2 is 1.96 bits per heavy atom. The number of aliphatic hydroxyl groups excluding tert-OH is 1. The Balaban J connectivity index is 1.74. The van der Waals surface area contributed by atoms with E-state index in [-0.39, 0.29) is 12.0 Å². The molecule has 0 radical (unpaired) electrons. The third kappa shape index (κ3) is 6.43. The normalized spacial score (nSPS) is 17.6. The number of rotatable bonds is 8. The standard InChI is InChI=1S/C18H29N3O2S/c1-24-11-8-17(19)18(23)20-12-14-2-4-15(5-3-14)13-21-9-6-16(22)7-10-21/h2-5,16-17,22H,6-13,19H2,1H3,(H,20,23)/t17-/m0/s1. The summed E-state index contributed by atoms with van der Waals surface area (Å²) in [4.78, 5) is 14.3. The molecule has 6 heteroatoms. The largest absolute Gasteiger partial charge is 0.393 e. The SMILES string of the molecule is CSCC[C@H](N)C(=O)NCc1ccc(CN2CCC(O)CC2)cc1. The number of carbonyl (C=O) groups excluding carboxylic acids is 1. The Morgan fingerprint density at radius 3 is 2.58 bits per heavy atom. The summed E-state index contributed by atoms with van der Waals surface area (Å²) < 4.78 is 0. The maximum atomic E-state index is 11.9. The van der Waals surface area contributed by atoms with Crippen molar-refractivity contribution < 1.29 is 9.90 Å². The number of hydrogen-bond acceptors (Lipinski definition) is 5. The predicted octanol–water partition coefficient (Wildman–Crippen LogP) is 1.34. The molecule has 134 valence electrons. The number of nitrogens with zero attached hydrogens (tertiary/aromatic N) is 1. The van der Waals surface area contributed by atoms with Gasteiger partial charge in [0.2, 0.25) is 5.91 Å². The summed E-state index contributed by atoms with van der Waals surface area (Å²) in [5, 5.41) is 12.5. The lowest BCUT2D eigenvalue weighted by molar-refractivity contribution is -0.122. The van der Waals surface area contributed by atoms with Gasteiger partial charge in [0, 0.05) is 26.2 Å². The van der Waals surface area contributed by atoms with Gasteiger partial charge in [-0.15, -0.1) is 0 Å². The van der Waals surface area contributed by atoms with Crippen molar-refractivity contribution in [3.8, 4) is 0 Å². The van der Waals surface area contributed by atoms with Crippen LogP contribution >= 0.6 is 11.8 Å². The number of aliphatic hydroxyl groups is 1. The minimum absolute atomic E-state index is 0.0833. The van der Waals surface area contributed by atoms with Crippen molar-refractivity contribution in [1.29, 1.82) is 0 Å². The highest BCUT2D eigenvalue weighted by Crippen LogP contribution is 2.14. The quantitative estimate of drug-likeness (QED) is 0.659. The molecule has 0 saturated carbocycles. The van der Waals surface area contributed by atoms with Crippen LogP contribution in [0, 0.1) is 0 Å². The number of benzene rings is 1. The lowest BCUT2D eigenvalue weighted by Crippen LogP contribution is -2.40. The van der Waals surface area contributed by atoms with E-state index in [1.165, 1.54) is 5.56 Å². The van der Waals surface area contributed by atoms with E-state index >= 15 is 0 Å². The fourth-order valence-corrected chi connectivity index (χ4v) is 3.28. The molecular weight excluding hydrogens is 322 g/mol. The Kier molecular flexibility index (Phi) is 8.05. The van der Waals surface area contributed by atoms with Gasteiger partial charge in [-0.05, 0) is 42.4 Å². The third-order valence-corrected chi connectivity index (χ3v) is 5.07. The molecule has 1 aliphatic rings. The monoisotopic (exact) mass is 351 g/mol. The van der Waals surface area contributed by atoms with Gasteiger partial charge in [0.05, 0.1) is 12.1 Å². The van der Waals surface area contributed by atoms with Gasteiger partial charge in [-0.25, -0.2) is 0 Å². The molecule has 5 nitrogen and oxygen atoms in total. The van der Waals surface area contributed by atoms with Gasteiger partial charge in [0.15, 0.2) is 0 Å². The van der Waals surface area contributed by atoms with Crippen molar-refractivity contribution in [2.75, 3.05) is 25.1 Å². The lowest BCUT2D eigenvalue weighted by Gasteiger charge is -2.29. The van der Waals surface area contributed by atoms with Crippen LogP contribution in [0.15, 0.2) is 24.3 Å². The van der Waals surface area contributed by atoms with Gasteiger partial charge in [-0.2, -0.15) is 11.8 Å². The lowest BCUT2D eigenvalue weighted by atomic mass is 10.1. The number of likely N-dealkylation sites (tertiary alicyclic amines) is 1. The van der Waals surface area contributed by atoms with E-state index in [1.807, 2.05) is 6.26 Å². The molecular formula is C18H29N3O2S. The summed E-state index contributed by atoms with van der Waals surface area (Å²) in [6, 6.07) is 7.91. The van der Waals surface area contributed by atoms with E-state index in [2.05, 4.69) is 34.5 Å². The molecule has 0 unspecified atom stereocenters. The Hall–Kier alpha value is -1.08. The topological polar surface area (TPSA) is 78.6 Å². The maximum Gasteiger partial charge on any atom is 0.237 e. The number of nitrogens with two attached hydrogens (primary N) is 1. The molecule has 1 heterocycles. The zero-order valence-electron chi connectivity index (χ0n) is 14.4. The summed E-state index contributed by atoms with van der Waals surface area (Å²) >= 11 is 1.70. The number of nitrogens with one attached hydrogen (secondary N) is 1. The number of piperidine rings is 1. The summed E-state index contributed by atoms with van der Waals surface area (Å²) in [5.41, 5.74) is 8.20. The molecule has 1 amide bonds. The van der Waals surface area contributed by atoms with Crippen LogP contribution in [0.1, 0.15) is 30.4 Å². The molecule has 0 bridgehead atoms. The zero-order chi connectivity index (χ0) is 17.4. The molecule has 1 aliphatic heterocycles. The fourth-order valence-electron chi connectivity index (χ4n) is 2.79. The summed E-state index contributed by atoms with van der Waals surface area (Å²) in [5.74, 6) is 0.816. The second-order valence-corrected chi connectivity index (χ2v) is 7.42. The van der Waals surface area contributed by atoms with Crippen molar-refractivity contribution in [2.45, 2.75) is 44.5 Å². The highest BCUT2D eigenvalue weighted by Gasteiger charge is 2.17. The zero-order valence-corrected chi connectivity index (χ0v) is 15.2. The average molecular weight is 352 g/mol. The van der Waals surface area contributed by atoms with Gasteiger partial charge in [0.1, 0.15) is 0 Å². The van der Waals surface area contributed by atoms with Crippen LogP contribution in [0.3, 0.4) is 0 Å². The maximum absolute atomic E-state index is 11.9. The smallest absolute Gasteiger partial charge is 0.237 e. The number of carbonyl (C=O) groups is 1. The van der Waals surface area contributed by atoms with Gasteiger partial charge in [-0.1, -0.05) is 24.3 Å². The molecule has 1 saturated heterocycles. The second kappa shape index (κ2) is 10.0. The second-order valence-electron chi connectivity index (χ2n) is 6.43. The summed E-state index contributed by atoms with van der Waals surface area (Å²) in [7, 11) is 0. The number of amides is 1. The first kappa shape index (κ1) is 19.2. The van der Waals surface area contributed by atoms with Gasteiger partial charge in [0.25, 0.3) is 0 Å². The van der Waals surface area contributed by atoms with Crippen LogP contribution < -0.4 is 11.1 Å². The fraction of sp³-hybridized carbons (Fsp3) is 0.611. The first-order chi connectivity index (χ1) is 11.6. The van der Waals surface area contributed by atoms with Crippen LogP contribution in [0.5, 0.6) is 0 Å². The molecule has 0 aliphatic carbocycles. The Bertz CT molecular complexity index is 501. The van der Waals surface area contributed by atoms with E-state index in [9.17, 15) is 9.90 Å². The first-order valence-corrected chi connectivity index (χ1v) is 9.98. The van der Waals surface area contributed by atoms with Crippen molar-refractivity contribution >= 4 is 17.7 Å². The molecule has 1 aromatic carbocycles. The number of hydrogen-bond donors (Lipinski definition) is 3. The molecule has 1 aromatic rings. The Labute approximate surface area is 149 Å². The van der Waals surface area contributed by atoms with Gasteiger partial charge >= 0.3 is 0 Å². The predicted molar refractivity (Wildman–Crippen MR) is 99.8 cm³/mol. The van der Waals surface area contributed by atoms with E-state index < -0.39 is 6.04 Å². The van der Waals surface area contributed by atoms with Crippen LogP contribution in [0.25, 0.3) is 0 Å². The van der Waals surface area contributed by atoms with Gasteiger partial charge in [-0.3, -0.25) is 9.69 Å². The van der Waals surface area contributed by atoms with E-state index in [4.69, 9.17) is 5.73 Å². The minimum atomic E-state index is -0.425. The van der Waals surface area contributed by atoms with Crippen molar-refractivity contribution in [1.82, 2.24) is 10.2 Å². The summed E-state index contributed by atoms with van der Waals surface area (Å²) in [6.07, 6.45) is 4.31. The molecule has 24 heavy (non-hydrogen) atoms. The summed E-state index contributed by atoms with van der Waals surface area (Å²) in [6.45, 7) is 3.33. The first-order valence-electron chi connectivity index (χ1n) is 8.59. The highest BCUT2D eigenvalue weighted by atomic mass is 32.2. The Morgan fingerprint density at radius 1 is 1.33 bits per heavy atom. The molecule has 1 fully saturated rings. The number of thioether (sulfide) groups is 1. The molecule has 4 N–H and O–H groups in total. The van der Waals surface area contributed by atoms with E-state index in [0.717, 1.165) is 43.8 Å². The molecule has 1 atom stereocenters. The third-order valence-electron chi connectivity index (χ3n) is 4.42. The molecule has 2 rings (SSSR count). The van der Waals surface area contributed by atoms with E-state index in [1.54, 1.807) is 11.8 Å². The molecule has 0 aromatic heterocycles. The molecule has 0 spiro atoms.